The zero-order chi connectivity index (χ0) is 34.3. The lowest BCUT2D eigenvalue weighted by atomic mass is 9.82. The Morgan fingerprint density at radius 1 is 0.918 bits per heavy atom. The van der Waals surface area contributed by atoms with Gasteiger partial charge in [-0.1, -0.05) is 52.3 Å². The van der Waals surface area contributed by atoms with Crippen LogP contribution in [0.25, 0.3) is 5.57 Å². The second kappa shape index (κ2) is 16.0. The molecule has 2 fully saturated rings. The Morgan fingerprint density at radius 2 is 1.59 bits per heavy atom. The molecule has 0 aromatic heterocycles. The number of fused-ring (bicyclic) bond motifs is 2. The number of piperazine rings is 1. The summed E-state index contributed by atoms with van der Waals surface area (Å²) < 4.78 is 12.8. The summed E-state index contributed by atoms with van der Waals surface area (Å²) in [5.41, 5.74) is 5.19. The molecule has 9 nitrogen and oxygen atoms in total. The third-order valence-corrected chi connectivity index (χ3v) is 10.1. The lowest BCUT2D eigenvalue weighted by Gasteiger charge is -2.45. The molecular weight excluding hydrogens is 686 g/mol. The summed E-state index contributed by atoms with van der Waals surface area (Å²) in [6.45, 7) is 4.44. The standard InChI is InChI=1S/C39H44BrN3O6/c1-26-5-2-3-6-27(26)19-20-43(31-13-14-31)39(47)38-34(23-30-24-42(25-35(38)41-30)36(44)7-4-8-37(45)46)28-9-15-32(16-10-28)48-21-22-49-33-17-11-29(40)12-18-33/h2-3,5-6,9-12,15-18,30-31,35,41H,4,7-8,13-14,19-25H2,1H3,(H,45,46)/t30-,35-/m1/s1. The number of carbonyl (C=O) groups is 3. The highest BCUT2D eigenvalue weighted by atomic mass is 79.9. The van der Waals surface area contributed by atoms with Gasteiger partial charge in [-0.3, -0.25) is 14.4 Å². The minimum atomic E-state index is -0.901. The van der Waals surface area contributed by atoms with Gasteiger partial charge in [0.05, 0.1) is 6.04 Å². The molecule has 3 aromatic rings. The highest BCUT2D eigenvalue weighted by molar-refractivity contribution is 9.10. The molecule has 2 N–H and O–H groups in total. The van der Waals surface area contributed by atoms with E-state index < -0.39 is 5.97 Å². The summed E-state index contributed by atoms with van der Waals surface area (Å²) in [6.07, 6.45) is 3.83. The third kappa shape index (κ3) is 9.10. The van der Waals surface area contributed by atoms with Gasteiger partial charge in [0.15, 0.2) is 0 Å². The van der Waals surface area contributed by atoms with Crippen molar-refractivity contribution in [3.63, 3.8) is 0 Å². The van der Waals surface area contributed by atoms with Gasteiger partial charge in [-0.15, -0.1) is 0 Å². The number of carbonyl (C=O) groups excluding carboxylic acids is 2. The number of aryl methyl sites for hydroxylation is 1. The van der Waals surface area contributed by atoms with E-state index in [0.29, 0.717) is 45.7 Å². The molecule has 1 saturated carbocycles. The molecule has 2 amide bonds. The number of nitrogens with zero attached hydrogens (tertiary/aromatic N) is 2. The van der Waals surface area contributed by atoms with Crippen molar-refractivity contribution < 1.29 is 29.0 Å². The molecule has 0 unspecified atom stereocenters. The highest BCUT2D eigenvalue weighted by Gasteiger charge is 2.43. The average Bonchev–Trinajstić information content (AvgIpc) is 3.93. The van der Waals surface area contributed by atoms with Gasteiger partial charge in [-0.05, 0) is 97.7 Å². The van der Waals surface area contributed by atoms with Crippen LogP contribution in [0.3, 0.4) is 0 Å². The van der Waals surface area contributed by atoms with Gasteiger partial charge in [0.1, 0.15) is 24.7 Å². The topological polar surface area (TPSA) is 108 Å². The van der Waals surface area contributed by atoms with Crippen molar-refractivity contribution >= 4 is 39.3 Å². The summed E-state index contributed by atoms with van der Waals surface area (Å²) in [6, 6.07) is 23.8. The first-order valence-electron chi connectivity index (χ1n) is 17.2. The Balaban J connectivity index is 1.21. The summed E-state index contributed by atoms with van der Waals surface area (Å²) in [4.78, 5) is 42.8. The van der Waals surface area contributed by atoms with Crippen molar-refractivity contribution in [2.75, 3.05) is 32.8 Å². The van der Waals surface area contributed by atoms with Crippen LogP contribution >= 0.6 is 15.9 Å². The van der Waals surface area contributed by atoms with E-state index in [-0.39, 0.29) is 42.8 Å². The van der Waals surface area contributed by atoms with Gasteiger partial charge in [0.25, 0.3) is 5.91 Å². The molecular formula is C39H44BrN3O6. The van der Waals surface area contributed by atoms with Gasteiger partial charge in [-0.25, -0.2) is 0 Å². The van der Waals surface area contributed by atoms with Crippen molar-refractivity contribution in [2.45, 2.75) is 70.0 Å². The fourth-order valence-corrected chi connectivity index (χ4v) is 7.11. The van der Waals surface area contributed by atoms with Crippen LogP contribution in [0.4, 0.5) is 0 Å². The summed E-state index contributed by atoms with van der Waals surface area (Å²) in [5, 5.41) is 12.7. The number of nitrogens with one attached hydrogen (secondary N) is 1. The first kappa shape index (κ1) is 34.7. The van der Waals surface area contributed by atoms with E-state index in [1.165, 1.54) is 11.1 Å². The number of benzene rings is 3. The van der Waals surface area contributed by atoms with E-state index in [4.69, 9.17) is 14.6 Å². The van der Waals surface area contributed by atoms with Crippen molar-refractivity contribution in [1.82, 2.24) is 15.1 Å². The SMILES string of the molecule is Cc1ccccc1CCN(C(=O)C1=C(c2ccc(OCCOc3ccc(Br)cc3)cc2)C[C@@H]2CN(C(=O)CCCC(=O)O)C[C@H]1N2)C1CC1. The van der Waals surface area contributed by atoms with E-state index in [9.17, 15) is 14.4 Å². The third-order valence-electron chi connectivity index (χ3n) is 9.54. The first-order valence-corrected chi connectivity index (χ1v) is 18.0. The lowest BCUT2D eigenvalue weighted by molar-refractivity contribution is -0.138. The molecule has 49 heavy (non-hydrogen) atoms. The smallest absolute Gasteiger partial charge is 0.303 e. The molecule has 2 heterocycles. The first-order chi connectivity index (χ1) is 23.7. The summed E-state index contributed by atoms with van der Waals surface area (Å²) in [5.74, 6) is 0.579. The Labute approximate surface area is 296 Å². The van der Waals surface area contributed by atoms with Crippen LogP contribution in [-0.4, -0.2) is 83.7 Å². The quantitative estimate of drug-likeness (QED) is 0.184. The molecule has 2 atom stereocenters. The van der Waals surface area contributed by atoms with E-state index >= 15 is 0 Å². The molecule has 0 spiro atoms. The van der Waals surface area contributed by atoms with Crippen LogP contribution in [-0.2, 0) is 20.8 Å². The van der Waals surface area contributed by atoms with E-state index in [1.54, 1.807) is 0 Å². The van der Waals surface area contributed by atoms with Gasteiger partial charge in [-0.2, -0.15) is 0 Å². The predicted molar refractivity (Wildman–Crippen MR) is 192 cm³/mol. The molecule has 10 heteroatoms. The van der Waals surface area contributed by atoms with E-state index in [1.807, 2.05) is 65.6 Å². The van der Waals surface area contributed by atoms with Crippen LogP contribution in [0.5, 0.6) is 11.5 Å². The number of ether oxygens (including phenoxy) is 2. The number of rotatable bonds is 15. The molecule has 2 bridgehead atoms. The predicted octanol–water partition coefficient (Wildman–Crippen LogP) is 6.03. The van der Waals surface area contributed by atoms with Crippen LogP contribution in [0, 0.1) is 6.92 Å². The number of carboxylic acid groups (broad SMARTS) is 1. The number of amides is 2. The maximum absolute atomic E-state index is 14.7. The maximum atomic E-state index is 14.7. The average molecular weight is 731 g/mol. The zero-order valence-corrected chi connectivity index (χ0v) is 29.5. The Kier molecular flexibility index (Phi) is 11.4. The number of hydrogen-bond donors (Lipinski definition) is 2. The Morgan fingerprint density at radius 3 is 2.24 bits per heavy atom. The molecule has 2 aliphatic heterocycles. The van der Waals surface area contributed by atoms with E-state index in [2.05, 4.69) is 45.2 Å². The second-order valence-electron chi connectivity index (χ2n) is 13.1. The summed E-state index contributed by atoms with van der Waals surface area (Å²) in [7, 11) is 0. The molecule has 6 rings (SSSR count). The number of aliphatic carboxylic acids is 1. The van der Waals surface area contributed by atoms with Crippen LogP contribution in [0.2, 0.25) is 0 Å². The molecule has 3 aliphatic rings. The number of carboxylic acids is 1. The maximum Gasteiger partial charge on any atom is 0.303 e. The van der Waals surface area contributed by atoms with Crippen molar-refractivity contribution in [2.24, 2.45) is 0 Å². The number of hydrogen-bond acceptors (Lipinski definition) is 6. The van der Waals surface area contributed by atoms with Crippen molar-refractivity contribution in [3.8, 4) is 11.5 Å². The van der Waals surface area contributed by atoms with Gasteiger partial charge in [0.2, 0.25) is 5.91 Å². The molecule has 3 aromatic carbocycles. The highest BCUT2D eigenvalue weighted by Crippen LogP contribution is 2.37. The molecule has 1 saturated heterocycles. The van der Waals surface area contributed by atoms with E-state index in [0.717, 1.165) is 51.9 Å². The molecule has 1 aliphatic carbocycles. The molecule has 0 radical (unpaired) electrons. The largest absolute Gasteiger partial charge is 0.490 e. The van der Waals surface area contributed by atoms with Crippen molar-refractivity contribution in [3.05, 3.63) is 99.5 Å². The fourth-order valence-electron chi connectivity index (χ4n) is 6.84. The summed E-state index contributed by atoms with van der Waals surface area (Å²) >= 11 is 3.43. The van der Waals surface area contributed by atoms with Crippen molar-refractivity contribution in [1.29, 1.82) is 0 Å². The Bertz CT molecular complexity index is 1670. The van der Waals surface area contributed by atoms with Gasteiger partial charge >= 0.3 is 5.97 Å². The van der Waals surface area contributed by atoms with Gasteiger partial charge in [0, 0.05) is 54.6 Å². The number of halogens is 1. The Hall–Kier alpha value is -4.15. The minimum Gasteiger partial charge on any atom is -0.490 e. The van der Waals surface area contributed by atoms with Crippen LogP contribution in [0.15, 0.2) is 82.8 Å². The van der Waals surface area contributed by atoms with Gasteiger partial charge < -0.3 is 29.7 Å². The minimum absolute atomic E-state index is 0.0123. The molecule has 258 valence electrons. The van der Waals surface area contributed by atoms with Crippen LogP contribution in [0.1, 0.15) is 55.2 Å². The zero-order valence-electron chi connectivity index (χ0n) is 27.9. The normalized spacial score (nSPS) is 18.6. The fraction of sp³-hybridized carbons (Fsp3) is 0.410. The lowest BCUT2D eigenvalue weighted by Crippen LogP contribution is -2.62. The monoisotopic (exact) mass is 729 g/mol. The van der Waals surface area contributed by atoms with Crippen LogP contribution < -0.4 is 14.8 Å². The second-order valence-corrected chi connectivity index (χ2v) is 14.1.